The maximum Gasteiger partial charge on any atom is 0.248 e. The Balaban J connectivity index is 1.84. The van der Waals surface area contributed by atoms with Crippen molar-refractivity contribution in [3.05, 3.63) is 36.5 Å². The minimum Gasteiger partial charge on any atom is -0.309 e. The van der Waals surface area contributed by atoms with Crippen molar-refractivity contribution in [1.82, 2.24) is 9.88 Å². The fraction of sp³-hybridized carbons (Fsp3) is 0.474. The Morgan fingerprint density at radius 3 is 2.36 bits per heavy atom. The normalized spacial score (nSPS) is 23.7. The van der Waals surface area contributed by atoms with E-state index in [-0.39, 0.29) is 35.5 Å². The van der Waals surface area contributed by atoms with E-state index in [9.17, 15) is 14.4 Å². The summed E-state index contributed by atoms with van der Waals surface area (Å²) in [5.74, 6) is -0.868. The Morgan fingerprint density at radius 2 is 1.84 bits per heavy atom. The topological polar surface area (TPSA) is 79.4 Å². The third-order valence-corrected chi connectivity index (χ3v) is 4.77. The quantitative estimate of drug-likeness (QED) is 0.659. The van der Waals surface area contributed by atoms with E-state index in [1.165, 1.54) is 4.90 Å². The summed E-state index contributed by atoms with van der Waals surface area (Å²) in [4.78, 5) is 43.7. The summed E-state index contributed by atoms with van der Waals surface area (Å²) in [6, 6.07) is 4.41. The van der Waals surface area contributed by atoms with Crippen LogP contribution in [0.4, 0.5) is 5.82 Å². The molecule has 6 nitrogen and oxygen atoms in total. The van der Waals surface area contributed by atoms with Crippen molar-refractivity contribution in [2.24, 2.45) is 17.8 Å². The molecule has 2 heterocycles. The average molecular weight is 341 g/mol. The zero-order valence-electron chi connectivity index (χ0n) is 14.5. The Kier molecular flexibility index (Phi) is 4.97. The first-order valence-electron chi connectivity index (χ1n) is 8.73. The number of hydrogen-bond donors (Lipinski definition) is 1. The minimum absolute atomic E-state index is 0.167. The molecule has 6 heteroatoms. The third-order valence-electron chi connectivity index (χ3n) is 4.77. The van der Waals surface area contributed by atoms with E-state index in [0.717, 1.165) is 0 Å². The van der Waals surface area contributed by atoms with Crippen LogP contribution >= 0.6 is 0 Å². The van der Waals surface area contributed by atoms with Gasteiger partial charge >= 0.3 is 0 Å². The number of rotatable bonds is 5. The van der Waals surface area contributed by atoms with E-state index >= 15 is 0 Å². The predicted molar refractivity (Wildman–Crippen MR) is 93.3 cm³/mol. The van der Waals surface area contributed by atoms with Crippen LogP contribution in [-0.2, 0) is 14.4 Å². The fourth-order valence-electron chi connectivity index (χ4n) is 3.56. The summed E-state index contributed by atoms with van der Waals surface area (Å²) >= 11 is 0. The first-order valence-corrected chi connectivity index (χ1v) is 8.73. The standard InChI is InChI=1S/C19H23N3O3/c1-12(2)11-15(17(23)21-16-9-5-6-10-20-16)22-18(24)13-7-3-4-8-14(13)19(22)25/h3-6,9-10,12-15H,7-8,11H2,1-2H3,(H,20,21,23). The van der Waals surface area contributed by atoms with E-state index in [0.29, 0.717) is 25.1 Å². The molecule has 0 radical (unpaired) electrons. The van der Waals surface area contributed by atoms with Crippen LogP contribution < -0.4 is 5.32 Å². The highest BCUT2D eigenvalue weighted by Gasteiger charge is 2.51. The molecule has 1 N–H and O–H groups in total. The lowest BCUT2D eigenvalue weighted by molar-refractivity contribution is -0.147. The predicted octanol–water partition coefficient (Wildman–Crippen LogP) is 2.39. The third kappa shape index (κ3) is 3.48. The van der Waals surface area contributed by atoms with Crippen LogP contribution in [0.1, 0.15) is 33.1 Å². The molecule has 3 rings (SSSR count). The monoisotopic (exact) mass is 341 g/mol. The van der Waals surface area contributed by atoms with Crippen LogP contribution in [0.3, 0.4) is 0 Å². The van der Waals surface area contributed by atoms with Crippen molar-refractivity contribution < 1.29 is 14.4 Å². The Morgan fingerprint density at radius 1 is 1.20 bits per heavy atom. The van der Waals surface area contributed by atoms with Gasteiger partial charge in [0.15, 0.2) is 0 Å². The molecule has 1 aliphatic heterocycles. The number of nitrogens with one attached hydrogen (secondary N) is 1. The molecule has 25 heavy (non-hydrogen) atoms. The number of fused-ring (bicyclic) bond motifs is 1. The van der Waals surface area contributed by atoms with Gasteiger partial charge in [0, 0.05) is 6.20 Å². The summed E-state index contributed by atoms with van der Waals surface area (Å²) in [6.07, 6.45) is 7.05. The highest BCUT2D eigenvalue weighted by atomic mass is 16.2. The largest absolute Gasteiger partial charge is 0.309 e. The number of amides is 3. The maximum absolute atomic E-state index is 12.8. The maximum atomic E-state index is 12.8. The summed E-state index contributed by atoms with van der Waals surface area (Å²) in [5, 5.41) is 2.73. The molecule has 1 aromatic rings. The number of nitrogens with zero attached hydrogens (tertiary/aromatic N) is 2. The van der Waals surface area contributed by atoms with Crippen LogP contribution in [-0.4, -0.2) is 33.6 Å². The molecular weight excluding hydrogens is 318 g/mol. The van der Waals surface area contributed by atoms with E-state index in [1.807, 2.05) is 26.0 Å². The first-order chi connectivity index (χ1) is 12.0. The van der Waals surface area contributed by atoms with Gasteiger partial charge in [-0.1, -0.05) is 32.1 Å². The fourth-order valence-corrected chi connectivity index (χ4v) is 3.56. The summed E-state index contributed by atoms with van der Waals surface area (Å²) < 4.78 is 0. The molecule has 1 fully saturated rings. The van der Waals surface area contributed by atoms with Crippen molar-refractivity contribution in [2.45, 2.75) is 39.2 Å². The van der Waals surface area contributed by atoms with Crippen molar-refractivity contribution in [2.75, 3.05) is 5.32 Å². The van der Waals surface area contributed by atoms with Crippen molar-refractivity contribution in [3.8, 4) is 0 Å². The molecule has 3 amide bonds. The van der Waals surface area contributed by atoms with Gasteiger partial charge in [0.05, 0.1) is 11.8 Å². The van der Waals surface area contributed by atoms with Crippen LogP contribution in [0.15, 0.2) is 36.5 Å². The molecule has 0 saturated carbocycles. The number of allylic oxidation sites excluding steroid dienone is 2. The van der Waals surface area contributed by atoms with E-state index in [1.54, 1.807) is 24.4 Å². The van der Waals surface area contributed by atoms with E-state index in [2.05, 4.69) is 10.3 Å². The number of likely N-dealkylation sites (tertiary alicyclic amines) is 1. The number of pyridine rings is 1. The smallest absolute Gasteiger partial charge is 0.248 e. The van der Waals surface area contributed by atoms with Gasteiger partial charge in [-0.25, -0.2) is 4.98 Å². The second kappa shape index (κ2) is 7.17. The molecule has 0 bridgehead atoms. The first kappa shape index (κ1) is 17.3. The Labute approximate surface area is 147 Å². The van der Waals surface area contributed by atoms with Crippen LogP contribution in [0, 0.1) is 17.8 Å². The lowest BCUT2D eigenvalue weighted by atomic mass is 9.85. The molecule has 3 unspecified atom stereocenters. The van der Waals surface area contributed by atoms with Gasteiger partial charge in [0.2, 0.25) is 17.7 Å². The minimum atomic E-state index is -0.799. The van der Waals surface area contributed by atoms with Crippen LogP contribution in [0.5, 0.6) is 0 Å². The van der Waals surface area contributed by atoms with Gasteiger partial charge in [-0.3, -0.25) is 19.3 Å². The second-order valence-corrected chi connectivity index (χ2v) is 7.05. The van der Waals surface area contributed by atoms with Crippen LogP contribution in [0.2, 0.25) is 0 Å². The summed E-state index contributed by atoms with van der Waals surface area (Å²) in [5.41, 5.74) is 0. The van der Waals surface area contributed by atoms with E-state index in [4.69, 9.17) is 0 Å². The molecule has 2 aliphatic rings. The van der Waals surface area contributed by atoms with Gasteiger partial charge in [-0.05, 0) is 37.3 Å². The molecule has 1 aliphatic carbocycles. The number of hydrogen-bond acceptors (Lipinski definition) is 4. The molecule has 0 aromatic carbocycles. The van der Waals surface area contributed by atoms with Crippen molar-refractivity contribution in [1.29, 1.82) is 0 Å². The van der Waals surface area contributed by atoms with Gasteiger partial charge < -0.3 is 5.32 Å². The average Bonchev–Trinajstić information content (AvgIpc) is 2.85. The second-order valence-electron chi connectivity index (χ2n) is 7.05. The van der Waals surface area contributed by atoms with Gasteiger partial charge in [-0.2, -0.15) is 0 Å². The number of anilines is 1. The number of carbonyl (C=O) groups is 3. The zero-order chi connectivity index (χ0) is 18.0. The number of carbonyl (C=O) groups excluding carboxylic acids is 3. The summed E-state index contributed by atoms with van der Waals surface area (Å²) in [6.45, 7) is 3.95. The van der Waals surface area contributed by atoms with Crippen LogP contribution in [0.25, 0.3) is 0 Å². The van der Waals surface area contributed by atoms with Gasteiger partial charge in [0.25, 0.3) is 0 Å². The molecular formula is C19H23N3O3. The van der Waals surface area contributed by atoms with E-state index < -0.39 is 6.04 Å². The SMILES string of the molecule is CC(C)CC(C(=O)Nc1ccccn1)N1C(=O)C2CC=CCC2C1=O. The Bertz CT molecular complexity index is 673. The van der Waals surface area contributed by atoms with Crippen molar-refractivity contribution >= 4 is 23.5 Å². The molecule has 1 aromatic heterocycles. The highest BCUT2D eigenvalue weighted by molar-refractivity contribution is 6.10. The molecule has 0 spiro atoms. The number of aromatic nitrogens is 1. The Hall–Kier alpha value is -2.50. The lowest BCUT2D eigenvalue weighted by Crippen LogP contribution is -2.48. The van der Waals surface area contributed by atoms with Crippen molar-refractivity contribution in [3.63, 3.8) is 0 Å². The molecule has 132 valence electrons. The molecule has 3 atom stereocenters. The molecule has 1 saturated heterocycles. The van der Waals surface area contributed by atoms with Gasteiger partial charge in [-0.15, -0.1) is 0 Å². The van der Waals surface area contributed by atoms with Gasteiger partial charge in [0.1, 0.15) is 11.9 Å². The zero-order valence-corrected chi connectivity index (χ0v) is 14.5. The lowest BCUT2D eigenvalue weighted by Gasteiger charge is -2.27. The number of imide groups is 1. The summed E-state index contributed by atoms with van der Waals surface area (Å²) in [7, 11) is 0. The highest BCUT2D eigenvalue weighted by Crippen LogP contribution is 2.37.